The van der Waals surface area contributed by atoms with Crippen LogP contribution >= 0.6 is 11.3 Å². The van der Waals surface area contributed by atoms with E-state index in [1.807, 2.05) is 0 Å². The van der Waals surface area contributed by atoms with Crippen molar-refractivity contribution in [3.63, 3.8) is 0 Å². The average Bonchev–Trinajstić information content (AvgIpc) is 3.08. The van der Waals surface area contributed by atoms with Gasteiger partial charge in [0.15, 0.2) is 6.10 Å². The van der Waals surface area contributed by atoms with Gasteiger partial charge < -0.3 is 19.5 Å². The minimum atomic E-state index is -1.07. The van der Waals surface area contributed by atoms with Crippen molar-refractivity contribution in [3.8, 4) is 5.75 Å². The van der Waals surface area contributed by atoms with Crippen LogP contribution in [0.5, 0.6) is 5.75 Å². The van der Waals surface area contributed by atoms with Crippen LogP contribution in [0, 0.1) is 5.82 Å². The fourth-order valence-corrected chi connectivity index (χ4v) is 3.97. The third-order valence-corrected chi connectivity index (χ3v) is 5.43. The number of rotatable bonds is 7. The highest BCUT2D eigenvalue weighted by molar-refractivity contribution is 7.21. The number of para-hydroxylation sites is 2. The number of carbonyl (C=O) groups is 2. The molecule has 0 aliphatic rings. The number of fused-ring (bicyclic) bond motifs is 1. The Morgan fingerprint density at radius 1 is 1.14 bits per heavy atom. The average molecular weight is 417 g/mol. The molecule has 1 atom stereocenters. The van der Waals surface area contributed by atoms with Gasteiger partial charge in [0, 0.05) is 22.8 Å². The highest BCUT2D eigenvalue weighted by Gasteiger charge is 2.25. The number of benzene rings is 2. The van der Waals surface area contributed by atoms with Gasteiger partial charge in [-0.15, -0.1) is 11.3 Å². The second-order valence-electron chi connectivity index (χ2n) is 6.19. The number of esters is 1. The molecule has 0 aliphatic heterocycles. The van der Waals surface area contributed by atoms with Gasteiger partial charge in [-0.2, -0.15) is 0 Å². The van der Waals surface area contributed by atoms with Crippen molar-refractivity contribution in [3.05, 3.63) is 58.7 Å². The summed E-state index contributed by atoms with van der Waals surface area (Å²) in [6.45, 7) is 1.51. The molecule has 0 unspecified atom stereocenters. The minimum Gasteiger partial charge on any atom is -0.495 e. The summed E-state index contributed by atoms with van der Waals surface area (Å²) in [4.78, 5) is 25.4. The molecule has 2 aromatic carbocycles. The fraction of sp³-hybridized carbons (Fsp3) is 0.238. The molecule has 152 valence electrons. The van der Waals surface area contributed by atoms with E-state index in [4.69, 9.17) is 14.2 Å². The highest BCUT2D eigenvalue weighted by Crippen LogP contribution is 2.34. The van der Waals surface area contributed by atoms with E-state index in [9.17, 15) is 14.0 Å². The Hall–Kier alpha value is -2.97. The van der Waals surface area contributed by atoms with E-state index in [2.05, 4.69) is 5.32 Å². The second-order valence-corrected chi connectivity index (χ2v) is 7.24. The van der Waals surface area contributed by atoms with Crippen molar-refractivity contribution in [1.82, 2.24) is 0 Å². The fourth-order valence-electron chi connectivity index (χ4n) is 2.86. The summed E-state index contributed by atoms with van der Waals surface area (Å²) in [6.07, 6.45) is -1.07. The summed E-state index contributed by atoms with van der Waals surface area (Å²) in [5.74, 6) is -1.17. The number of halogens is 1. The molecule has 1 aromatic heterocycles. The Labute approximate surface area is 171 Å². The maximum atomic E-state index is 14.3. The van der Waals surface area contributed by atoms with Crippen molar-refractivity contribution in [2.75, 3.05) is 19.5 Å². The first kappa shape index (κ1) is 20.8. The van der Waals surface area contributed by atoms with Gasteiger partial charge in [0.25, 0.3) is 5.91 Å². The van der Waals surface area contributed by atoms with E-state index >= 15 is 0 Å². The van der Waals surface area contributed by atoms with Gasteiger partial charge in [0.1, 0.15) is 16.4 Å². The largest absolute Gasteiger partial charge is 0.495 e. The lowest BCUT2D eigenvalue weighted by atomic mass is 10.1. The quantitative estimate of drug-likeness (QED) is 0.578. The maximum absolute atomic E-state index is 14.3. The standard InChI is InChI=1S/C21H20FNO5S/c1-12(20(24)23-15-8-4-5-9-16(15)27-3)28-21(25)19-13(11-26-2)18-14(22)7-6-10-17(18)29-19/h4-10,12H,11H2,1-3H3,(H,23,24)/t12-/m0/s1. The molecule has 0 aliphatic carbocycles. The van der Waals surface area contributed by atoms with Gasteiger partial charge in [0.05, 0.1) is 19.4 Å². The Bertz CT molecular complexity index is 1050. The third kappa shape index (κ3) is 4.38. The molecule has 0 spiro atoms. The van der Waals surface area contributed by atoms with Crippen LogP contribution in [0.25, 0.3) is 10.1 Å². The monoisotopic (exact) mass is 417 g/mol. The van der Waals surface area contributed by atoms with Crippen LogP contribution in [0.15, 0.2) is 42.5 Å². The number of hydrogen-bond donors (Lipinski definition) is 1. The van der Waals surface area contributed by atoms with E-state index in [-0.39, 0.29) is 11.5 Å². The van der Waals surface area contributed by atoms with Crippen LogP contribution in [0.2, 0.25) is 0 Å². The normalized spacial score (nSPS) is 11.9. The first-order valence-electron chi connectivity index (χ1n) is 8.80. The number of anilines is 1. The molecule has 8 heteroatoms. The molecule has 0 fully saturated rings. The summed E-state index contributed by atoms with van der Waals surface area (Å²) >= 11 is 1.10. The van der Waals surface area contributed by atoms with Crippen LogP contribution in [0.3, 0.4) is 0 Å². The number of methoxy groups -OCH3 is 2. The van der Waals surface area contributed by atoms with E-state index in [1.165, 1.54) is 27.2 Å². The maximum Gasteiger partial charge on any atom is 0.349 e. The molecule has 0 saturated carbocycles. The molecule has 0 bridgehead atoms. The molecule has 1 heterocycles. The van der Waals surface area contributed by atoms with E-state index in [1.54, 1.807) is 36.4 Å². The van der Waals surface area contributed by atoms with E-state index < -0.39 is 23.8 Å². The zero-order valence-corrected chi connectivity index (χ0v) is 17.0. The lowest BCUT2D eigenvalue weighted by Crippen LogP contribution is -2.30. The lowest BCUT2D eigenvalue weighted by Gasteiger charge is -2.15. The van der Waals surface area contributed by atoms with Gasteiger partial charge in [-0.1, -0.05) is 18.2 Å². The zero-order valence-electron chi connectivity index (χ0n) is 16.2. The van der Waals surface area contributed by atoms with Crippen LogP contribution < -0.4 is 10.1 Å². The molecule has 0 saturated heterocycles. The molecule has 0 radical (unpaired) electrons. The van der Waals surface area contributed by atoms with Gasteiger partial charge in [-0.3, -0.25) is 4.79 Å². The predicted octanol–water partition coefficient (Wildman–Crippen LogP) is 4.38. The first-order chi connectivity index (χ1) is 14.0. The molecule has 29 heavy (non-hydrogen) atoms. The summed E-state index contributed by atoms with van der Waals surface area (Å²) in [6, 6.07) is 11.5. The number of ether oxygens (including phenoxy) is 3. The van der Waals surface area contributed by atoms with Crippen molar-refractivity contribution >= 4 is 39.0 Å². The van der Waals surface area contributed by atoms with Crippen molar-refractivity contribution < 1.29 is 28.2 Å². The molecule has 1 N–H and O–H groups in total. The number of nitrogens with one attached hydrogen (secondary N) is 1. The topological polar surface area (TPSA) is 73.9 Å². The number of thiophene rings is 1. The summed E-state index contributed by atoms with van der Waals surface area (Å²) in [5.41, 5.74) is 0.875. The van der Waals surface area contributed by atoms with Crippen molar-refractivity contribution in [2.24, 2.45) is 0 Å². The molecule has 3 aromatic rings. The second kappa shape index (κ2) is 9.02. The number of carbonyl (C=O) groups excluding carboxylic acids is 2. The Kier molecular flexibility index (Phi) is 6.46. The number of amides is 1. The lowest BCUT2D eigenvalue weighted by molar-refractivity contribution is -0.123. The smallest absolute Gasteiger partial charge is 0.349 e. The van der Waals surface area contributed by atoms with Gasteiger partial charge >= 0.3 is 5.97 Å². The summed E-state index contributed by atoms with van der Waals surface area (Å²) < 4.78 is 30.6. The van der Waals surface area contributed by atoms with Crippen LogP contribution in [-0.4, -0.2) is 32.2 Å². The Balaban J connectivity index is 1.80. The first-order valence-corrected chi connectivity index (χ1v) is 9.61. The van der Waals surface area contributed by atoms with Crippen molar-refractivity contribution in [2.45, 2.75) is 19.6 Å². The Morgan fingerprint density at radius 2 is 1.90 bits per heavy atom. The molecular weight excluding hydrogens is 397 g/mol. The molecule has 1 amide bonds. The van der Waals surface area contributed by atoms with Crippen LogP contribution in [0.1, 0.15) is 22.2 Å². The van der Waals surface area contributed by atoms with Crippen LogP contribution in [0.4, 0.5) is 10.1 Å². The minimum absolute atomic E-state index is 0.0488. The SMILES string of the molecule is COCc1c(C(=O)O[C@@H](C)C(=O)Nc2ccccc2OC)sc2cccc(F)c12. The Morgan fingerprint density at radius 3 is 2.62 bits per heavy atom. The van der Waals surface area contributed by atoms with Gasteiger partial charge in [0.2, 0.25) is 0 Å². The van der Waals surface area contributed by atoms with Crippen LogP contribution in [-0.2, 0) is 20.9 Å². The summed E-state index contributed by atoms with van der Waals surface area (Å²) in [5, 5.41) is 3.00. The van der Waals surface area contributed by atoms with Crippen molar-refractivity contribution in [1.29, 1.82) is 0 Å². The van der Waals surface area contributed by atoms with E-state index in [0.717, 1.165) is 11.3 Å². The molecular formula is C21H20FNO5S. The van der Waals surface area contributed by atoms with Gasteiger partial charge in [-0.05, 0) is 31.2 Å². The van der Waals surface area contributed by atoms with Gasteiger partial charge in [-0.25, -0.2) is 9.18 Å². The highest BCUT2D eigenvalue weighted by atomic mass is 32.1. The molecule has 3 rings (SSSR count). The zero-order chi connectivity index (χ0) is 21.0. The predicted molar refractivity (Wildman–Crippen MR) is 109 cm³/mol. The third-order valence-electron chi connectivity index (χ3n) is 4.26. The molecule has 6 nitrogen and oxygen atoms in total. The summed E-state index contributed by atoms with van der Waals surface area (Å²) in [7, 11) is 2.95. The number of hydrogen-bond acceptors (Lipinski definition) is 6. The van der Waals surface area contributed by atoms with E-state index in [0.29, 0.717) is 27.1 Å².